The van der Waals surface area contributed by atoms with Crippen molar-refractivity contribution in [1.29, 1.82) is 0 Å². The van der Waals surface area contributed by atoms with Crippen LogP contribution in [0.5, 0.6) is 0 Å². The Kier molecular flexibility index (Phi) is 5.07. The van der Waals surface area contributed by atoms with Gasteiger partial charge in [0.05, 0.1) is 17.8 Å². The van der Waals surface area contributed by atoms with Crippen molar-refractivity contribution in [3.05, 3.63) is 83.4 Å². The first-order valence-electron chi connectivity index (χ1n) is 10.9. The third-order valence-electron chi connectivity index (χ3n) is 6.69. The zero-order valence-corrected chi connectivity index (χ0v) is 18.4. The van der Waals surface area contributed by atoms with Gasteiger partial charge in [0.25, 0.3) is 0 Å². The van der Waals surface area contributed by atoms with E-state index in [1.807, 2.05) is 18.3 Å². The van der Waals surface area contributed by atoms with Crippen LogP contribution in [0.1, 0.15) is 66.2 Å². The molecular weight excluding hydrogens is 388 g/mol. The second-order valence-corrected chi connectivity index (χ2v) is 8.98. The van der Waals surface area contributed by atoms with E-state index in [-0.39, 0.29) is 12.1 Å². The van der Waals surface area contributed by atoms with Crippen molar-refractivity contribution in [3.8, 4) is 0 Å². The SMILES string of the molecule is Cc1ccc(N2C(=S)N[C@@H](c3ccccn3)[C@@H]2c2ccn(C3CCCC3)c2)cc1C. The molecule has 5 heteroatoms. The van der Waals surface area contributed by atoms with Gasteiger partial charge in [-0.2, -0.15) is 0 Å². The summed E-state index contributed by atoms with van der Waals surface area (Å²) in [4.78, 5) is 6.93. The standard InChI is InChI=1S/C25H28N4S/c1-17-10-11-21(15-18(17)2)29-24(19-12-14-28(16-19)20-7-3-4-8-20)23(27-25(29)30)22-9-5-6-13-26-22/h5-6,9-16,20,23-24H,3-4,7-8H2,1-2H3,(H,27,30)/t23-,24-/m0/s1. The van der Waals surface area contributed by atoms with Gasteiger partial charge in [-0.3, -0.25) is 4.98 Å². The number of nitrogens with zero attached hydrogens (tertiary/aromatic N) is 3. The van der Waals surface area contributed by atoms with Gasteiger partial charge in [-0.15, -0.1) is 0 Å². The molecule has 0 amide bonds. The summed E-state index contributed by atoms with van der Waals surface area (Å²) in [7, 11) is 0. The molecule has 1 aromatic carbocycles. The van der Waals surface area contributed by atoms with Gasteiger partial charge >= 0.3 is 0 Å². The maximum atomic E-state index is 5.85. The fourth-order valence-corrected chi connectivity index (χ4v) is 5.23. The van der Waals surface area contributed by atoms with Gasteiger partial charge < -0.3 is 14.8 Å². The normalized spacial score (nSPS) is 21.9. The van der Waals surface area contributed by atoms with E-state index < -0.39 is 0 Å². The molecule has 2 atom stereocenters. The fourth-order valence-electron chi connectivity index (χ4n) is 4.88. The van der Waals surface area contributed by atoms with Crippen LogP contribution in [0.3, 0.4) is 0 Å². The van der Waals surface area contributed by atoms with Crippen LogP contribution in [0.2, 0.25) is 0 Å². The minimum Gasteiger partial charge on any atom is -0.351 e. The van der Waals surface area contributed by atoms with E-state index in [0.717, 1.165) is 16.5 Å². The van der Waals surface area contributed by atoms with Crippen molar-refractivity contribution in [1.82, 2.24) is 14.9 Å². The maximum Gasteiger partial charge on any atom is 0.174 e. The Bertz CT molecular complexity index is 1050. The van der Waals surface area contributed by atoms with Crippen molar-refractivity contribution in [2.75, 3.05) is 4.90 Å². The topological polar surface area (TPSA) is 33.1 Å². The monoisotopic (exact) mass is 416 g/mol. The lowest BCUT2D eigenvalue weighted by Gasteiger charge is -2.28. The van der Waals surface area contributed by atoms with Crippen LogP contribution in [0, 0.1) is 13.8 Å². The molecule has 0 bridgehead atoms. The number of benzene rings is 1. The highest BCUT2D eigenvalue weighted by Crippen LogP contribution is 2.42. The minimum atomic E-state index is 0.0136. The third-order valence-corrected chi connectivity index (χ3v) is 7.01. The van der Waals surface area contributed by atoms with Crippen LogP contribution in [0.15, 0.2) is 61.1 Å². The zero-order valence-electron chi connectivity index (χ0n) is 17.6. The first-order chi connectivity index (χ1) is 14.6. The van der Waals surface area contributed by atoms with Crippen molar-refractivity contribution in [2.45, 2.75) is 57.7 Å². The molecule has 1 aliphatic heterocycles. The van der Waals surface area contributed by atoms with Crippen LogP contribution in [-0.4, -0.2) is 14.7 Å². The van der Waals surface area contributed by atoms with E-state index >= 15 is 0 Å². The highest BCUT2D eigenvalue weighted by atomic mass is 32.1. The van der Waals surface area contributed by atoms with Crippen molar-refractivity contribution >= 4 is 23.0 Å². The number of aromatic nitrogens is 2. The van der Waals surface area contributed by atoms with Crippen molar-refractivity contribution in [3.63, 3.8) is 0 Å². The first-order valence-corrected chi connectivity index (χ1v) is 11.3. The molecule has 0 spiro atoms. The second-order valence-electron chi connectivity index (χ2n) is 8.60. The fraction of sp³-hybridized carbons (Fsp3) is 0.360. The average Bonchev–Trinajstić information content (AvgIpc) is 3.50. The Morgan fingerprint density at radius 3 is 2.60 bits per heavy atom. The smallest absolute Gasteiger partial charge is 0.174 e. The molecule has 3 aromatic rings. The van der Waals surface area contributed by atoms with E-state index in [1.165, 1.54) is 42.4 Å². The van der Waals surface area contributed by atoms with E-state index in [1.54, 1.807) is 0 Å². The molecule has 2 aromatic heterocycles. The maximum absolute atomic E-state index is 5.85. The van der Waals surface area contributed by atoms with Gasteiger partial charge in [0.1, 0.15) is 0 Å². The predicted molar refractivity (Wildman–Crippen MR) is 126 cm³/mol. The van der Waals surface area contributed by atoms with E-state index in [9.17, 15) is 0 Å². The molecular formula is C25H28N4S. The molecule has 1 aliphatic carbocycles. The molecule has 0 radical (unpaired) electrons. The molecule has 1 saturated carbocycles. The Hall–Kier alpha value is -2.66. The average molecular weight is 417 g/mol. The largest absolute Gasteiger partial charge is 0.351 e. The predicted octanol–water partition coefficient (Wildman–Crippen LogP) is 5.79. The summed E-state index contributed by atoms with van der Waals surface area (Å²) in [6, 6.07) is 15.7. The van der Waals surface area contributed by atoms with Gasteiger partial charge in [0.15, 0.2) is 5.11 Å². The van der Waals surface area contributed by atoms with Gasteiger partial charge in [-0.1, -0.05) is 25.0 Å². The summed E-state index contributed by atoms with van der Waals surface area (Å²) in [6.07, 6.45) is 11.7. The first kappa shape index (κ1) is 19.3. The van der Waals surface area contributed by atoms with Crippen LogP contribution in [0.25, 0.3) is 0 Å². The Morgan fingerprint density at radius 2 is 1.87 bits per heavy atom. The summed E-state index contributed by atoms with van der Waals surface area (Å²) in [5.74, 6) is 0. The Morgan fingerprint density at radius 1 is 1.03 bits per heavy atom. The lowest BCUT2D eigenvalue weighted by molar-refractivity contribution is 0.515. The lowest BCUT2D eigenvalue weighted by atomic mass is 9.98. The van der Waals surface area contributed by atoms with Gasteiger partial charge in [-0.25, -0.2) is 0 Å². The molecule has 30 heavy (non-hydrogen) atoms. The van der Waals surface area contributed by atoms with Crippen molar-refractivity contribution < 1.29 is 0 Å². The quantitative estimate of drug-likeness (QED) is 0.546. The molecule has 4 nitrogen and oxygen atoms in total. The van der Waals surface area contributed by atoms with Gasteiger partial charge in [0, 0.05) is 30.3 Å². The van der Waals surface area contributed by atoms with Gasteiger partial charge in [-0.05, 0) is 85.9 Å². The zero-order chi connectivity index (χ0) is 20.7. The summed E-state index contributed by atoms with van der Waals surface area (Å²) in [5, 5.41) is 4.32. The highest BCUT2D eigenvalue weighted by molar-refractivity contribution is 7.80. The molecule has 1 saturated heterocycles. The van der Waals surface area contributed by atoms with Crippen LogP contribution in [0.4, 0.5) is 5.69 Å². The van der Waals surface area contributed by atoms with E-state index in [0.29, 0.717) is 6.04 Å². The van der Waals surface area contributed by atoms with Crippen molar-refractivity contribution in [2.24, 2.45) is 0 Å². The van der Waals surface area contributed by atoms with Crippen LogP contribution in [-0.2, 0) is 0 Å². The van der Waals surface area contributed by atoms with Crippen LogP contribution >= 0.6 is 12.2 Å². The minimum absolute atomic E-state index is 0.0136. The molecule has 2 fully saturated rings. The molecule has 1 N–H and O–H groups in total. The molecule has 3 heterocycles. The lowest BCUT2D eigenvalue weighted by Crippen LogP contribution is -2.29. The number of aryl methyl sites for hydroxylation is 2. The number of rotatable bonds is 4. The summed E-state index contributed by atoms with van der Waals surface area (Å²) in [6.45, 7) is 4.31. The Labute approximate surface area is 183 Å². The molecule has 2 aliphatic rings. The summed E-state index contributed by atoms with van der Waals surface area (Å²) in [5.41, 5.74) is 6.00. The van der Waals surface area contributed by atoms with Gasteiger partial charge in [0.2, 0.25) is 0 Å². The third kappa shape index (κ3) is 3.41. The molecule has 154 valence electrons. The Balaban J connectivity index is 1.58. The highest BCUT2D eigenvalue weighted by Gasteiger charge is 2.41. The summed E-state index contributed by atoms with van der Waals surface area (Å²) < 4.78 is 2.41. The number of pyridine rings is 1. The van der Waals surface area contributed by atoms with Crippen LogP contribution < -0.4 is 10.2 Å². The number of nitrogens with one attached hydrogen (secondary N) is 1. The molecule has 5 rings (SSSR count). The summed E-state index contributed by atoms with van der Waals surface area (Å²) >= 11 is 5.85. The van der Waals surface area contributed by atoms with E-state index in [2.05, 4.69) is 76.3 Å². The second kappa shape index (κ2) is 7.88. The number of anilines is 1. The number of thiocarbonyl (C=S) groups is 1. The number of hydrogen-bond acceptors (Lipinski definition) is 2. The number of hydrogen-bond donors (Lipinski definition) is 1. The van der Waals surface area contributed by atoms with E-state index in [4.69, 9.17) is 12.2 Å². The molecule has 0 unspecified atom stereocenters.